The van der Waals surface area contributed by atoms with Gasteiger partial charge in [0.1, 0.15) is 11.1 Å². The molecule has 132 valence electrons. The second kappa shape index (κ2) is 6.73. The van der Waals surface area contributed by atoms with E-state index in [4.69, 9.17) is 4.74 Å². The number of ether oxygens (including phenoxy) is 1. The summed E-state index contributed by atoms with van der Waals surface area (Å²) in [6.45, 7) is 6.57. The molecule has 2 saturated carbocycles. The van der Waals surface area contributed by atoms with Crippen LogP contribution < -0.4 is 0 Å². The van der Waals surface area contributed by atoms with Gasteiger partial charge in [0, 0.05) is 51.1 Å². The van der Waals surface area contributed by atoms with Crippen molar-refractivity contribution >= 4 is 17.2 Å². The van der Waals surface area contributed by atoms with Crippen molar-refractivity contribution in [3.8, 4) is 0 Å². The summed E-state index contributed by atoms with van der Waals surface area (Å²) in [5.41, 5.74) is 1.12. The van der Waals surface area contributed by atoms with Crippen LogP contribution in [-0.2, 0) is 16.1 Å². The topological polar surface area (TPSA) is 45.7 Å². The van der Waals surface area contributed by atoms with Gasteiger partial charge in [0.25, 0.3) is 0 Å². The lowest BCUT2D eigenvalue weighted by Crippen LogP contribution is -2.49. The highest BCUT2D eigenvalue weighted by molar-refractivity contribution is 7.09. The van der Waals surface area contributed by atoms with Crippen LogP contribution in [0.1, 0.15) is 43.0 Å². The third-order valence-electron chi connectivity index (χ3n) is 6.03. The highest BCUT2D eigenvalue weighted by Crippen LogP contribution is 2.58. The lowest BCUT2D eigenvalue weighted by atomic mass is 10.1. The van der Waals surface area contributed by atoms with Gasteiger partial charge in [-0.1, -0.05) is 6.42 Å². The van der Waals surface area contributed by atoms with E-state index in [1.54, 1.807) is 18.4 Å². The Kier molecular flexibility index (Phi) is 4.62. The predicted octanol–water partition coefficient (Wildman–Crippen LogP) is 2.54. The molecule has 0 N–H and O–H groups in total. The second-order valence-corrected chi connectivity index (χ2v) is 8.33. The maximum atomic E-state index is 12.6. The van der Waals surface area contributed by atoms with Gasteiger partial charge >= 0.3 is 0 Å². The maximum Gasteiger partial charge on any atom is 0.226 e. The fourth-order valence-corrected chi connectivity index (χ4v) is 5.28. The average Bonchev–Trinajstić information content (AvgIpc) is 2.97. The Bertz CT molecular complexity index is 587. The molecule has 0 spiro atoms. The molecule has 5 nitrogen and oxygen atoms in total. The van der Waals surface area contributed by atoms with Crippen LogP contribution in [-0.4, -0.2) is 54.0 Å². The van der Waals surface area contributed by atoms with Crippen LogP contribution in [0.15, 0.2) is 5.38 Å². The zero-order chi connectivity index (χ0) is 16.7. The maximum absolute atomic E-state index is 12.6. The number of carbonyl (C=O) groups excluding carboxylic acids is 1. The van der Waals surface area contributed by atoms with E-state index in [0.29, 0.717) is 11.8 Å². The fourth-order valence-electron chi connectivity index (χ4n) is 4.44. The summed E-state index contributed by atoms with van der Waals surface area (Å²) in [5, 5.41) is 3.18. The highest BCUT2D eigenvalue weighted by Gasteiger charge is 2.57. The van der Waals surface area contributed by atoms with E-state index in [-0.39, 0.29) is 6.10 Å². The van der Waals surface area contributed by atoms with Crippen molar-refractivity contribution in [2.75, 3.05) is 33.3 Å². The number of nitrogens with zero attached hydrogens (tertiary/aromatic N) is 3. The summed E-state index contributed by atoms with van der Waals surface area (Å²) in [4.78, 5) is 21.8. The molecule has 0 aromatic carbocycles. The Morgan fingerprint density at radius 1 is 1.33 bits per heavy atom. The van der Waals surface area contributed by atoms with E-state index in [9.17, 15) is 4.79 Å². The zero-order valence-corrected chi connectivity index (χ0v) is 15.4. The lowest BCUT2D eigenvalue weighted by Gasteiger charge is -2.34. The minimum atomic E-state index is 0.0659. The number of carbonyl (C=O) groups is 1. The molecular formula is C18H27N3O2S. The molecule has 4 atom stereocenters. The predicted molar refractivity (Wildman–Crippen MR) is 93.7 cm³/mol. The molecule has 1 saturated heterocycles. The van der Waals surface area contributed by atoms with Crippen molar-refractivity contribution in [1.82, 2.24) is 14.8 Å². The SMILES string of the molecule is CO[C@@H](C)c1nc(CN2CCN(C(=O)C3[C@H]4CCC[C@@H]34)CC2)cs1. The van der Waals surface area contributed by atoms with Gasteiger partial charge in [0.15, 0.2) is 0 Å². The molecule has 0 bridgehead atoms. The summed E-state index contributed by atoms with van der Waals surface area (Å²) in [6.07, 6.45) is 3.97. The minimum absolute atomic E-state index is 0.0659. The molecule has 0 radical (unpaired) electrons. The first kappa shape index (κ1) is 16.5. The highest BCUT2D eigenvalue weighted by atomic mass is 32.1. The summed E-state index contributed by atoms with van der Waals surface area (Å²) in [6, 6.07) is 0. The molecule has 1 aromatic heterocycles. The Morgan fingerprint density at radius 2 is 2.04 bits per heavy atom. The van der Waals surface area contributed by atoms with E-state index in [1.807, 2.05) is 6.92 Å². The summed E-state index contributed by atoms with van der Waals surface area (Å²) in [7, 11) is 1.72. The molecule has 1 unspecified atom stereocenters. The van der Waals surface area contributed by atoms with Gasteiger partial charge in [0.05, 0.1) is 5.69 Å². The number of rotatable bonds is 5. The quantitative estimate of drug-likeness (QED) is 0.819. The number of piperazine rings is 1. The standard InChI is InChI=1S/C18H27N3O2S/c1-12(23-2)17-19-13(11-24-17)10-20-6-8-21(9-7-20)18(22)16-14-4-3-5-15(14)16/h11-12,14-16H,3-10H2,1-2H3/t12-,14-,15+,16?/m0/s1. The molecule has 4 rings (SSSR count). The van der Waals surface area contributed by atoms with Gasteiger partial charge in [0.2, 0.25) is 5.91 Å². The molecule has 2 aliphatic carbocycles. The van der Waals surface area contributed by atoms with Gasteiger partial charge in [-0.25, -0.2) is 4.98 Å². The molecule has 1 aromatic rings. The van der Waals surface area contributed by atoms with Crippen LogP contribution in [0.3, 0.4) is 0 Å². The molecule has 3 fully saturated rings. The Morgan fingerprint density at radius 3 is 2.71 bits per heavy atom. The van der Waals surface area contributed by atoms with Crippen molar-refractivity contribution in [3.05, 3.63) is 16.1 Å². The Hall–Kier alpha value is -0.980. The molecule has 6 heteroatoms. The lowest BCUT2D eigenvalue weighted by molar-refractivity contribution is -0.135. The summed E-state index contributed by atoms with van der Waals surface area (Å²) >= 11 is 1.67. The van der Waals surface area contributed by atoms with Crippen LogP contribution in [0, 0.1) is 17.8 Å². The van der Waals surface area contributed by atoms with Gasteiger partial charge in [-0.05, 0) is 31.6 Å². The van der Waals surface area contributed by atoms with E-state index in [2.05, 4.69) is 20.2 Å². The smallest absolute Gasteiger partial charge is 0.226 e. The number of amides is 1. The van der Waals surface area contributed by atoms with Gasteiger partial charge in [-0.2, -0.15) is 0 Å². The van der Waals surface area contributed by atoms with Gasteiger partial charge in [-0.3, -0.25) is 9.69 Å². The largest absolute Gasteiger partial charge is 0.375 e. The molecule has 1 amide bonds. The minimum Gasteiger partial charge on any atom is -0.375 e. The molecule has 3 aliphatic rings. The zero-order valence-electron chi connectivity index (χ0n) is 14.6. The van der Waals surface area contributed by atoms with E-state index < -0.39 is 0 Å². The van der Waals surface area contributed by atoms with Crippen LogP contribution in [0.2, 0.25) is 0 Å². The molecular weight excluding hydrogens is 322 g/mol. The number of aromatic nitrogens is 1. The monoisotopic (exact) mass is 349 g/mol. The first-order valence-corrected chi connectivity index (χ1v) is 10.0. The van der Waals surface area contributed by atoms with E-state index in [1.165, 1.54) is 19.3 Å². The van der Waals surface area contributed by atoms with Crippen LogP contribution >= 0.6 is 11.3 Å². The van der Waals surface area contributed by atoms with Crippen molar-refractivity contribution in [2.45, 2.75) is 38.8 Å². The number of methoxy groups -OCH3 is 1. The van der Waals surface area contributed by atoms with E-state index >= 15 is 0 Å². The molecule has 1 aliphatic heterocycles. The summed E-state index contributed by atoms with van der Waals surface area (Å²) < 4.78 is 5.33. The average molecular weight is 350 g/mol. The first-order valence-electron chi connectivity index (χ1n) is 9.15. The van der Waals surface area contributed by atoms with Crippen molar-refractivity contribution in [1.29, 1.82) is 0 Å². The number of fused-ring (bicyclic) bond motifs is 1. The van der Waals surface area contributed by atoms with Crippen molar-refractivity contribution < 1.29 is 9.53 Å². The second-order valence-electron chi connectivity index (χ2n) is 7.44. The van der Waals surface area contributed by atoms with Crippen molar-refractivity contribution in [3.63, 3.8) is 0 Å². The number of thiazole rings is 1. The number of hydrogen-bond donors (Lipinski definition) is 0. The Labute approximate surface area is 148 Å². The first-order chi connectivity index (χ1) is 11.7. The van der Waals surface area contributed by atoms with Crippen LogP contribution in [0.25, 0.3) is 0 Å². The Balaban J connectivity index is 1.26. The van der Waals surface area contributed by atoms with E-state index in [0.717, 1.165) is 55.3 Å². The molecule has 24 heavy (non-hydrogen) atoms. The van der Waals surface area contributed by atoms with Crippen LogP contribution in [0.4, 0.5) is 0 Å². The normalized spacial score (nSPS) is 31.1. The third kappa shape index (κ3) is 3.11. The van der Waals surface area contributed by atoms with Crippen LogP contribution in [0.5, 0.6) is 0 Å². The third-order valence-corrected chi connectivity index (χ3v) is 7.09. The molecule has 2 heterocycles. The van der Waals surface area contributed by atoms with Gasteiger partial charge in [-0.15, -0.1) is 11.3 Å². The summed E-state index contributed by atoms with van der Waals surface area (Å²) in [5.74, 6) is 2.27. The number of hydrogen-bond acceptors (Lipinski definition) is 5. The van der Waals surface area contributed by atoms with Gasteiger partial charge < -0.3 is 9.64 Å². The van der Waals surface area contributed by atoms with Crippen molar-refractivity contribution in [2.24, 2.45) is 17.8 Å². The fraction of sp³-hybridized carbons (Fsp3) is 0.778.